The van der Waals surface area contributed by atoms with Crippen LogP contribution in [0.5, 0.6) is 0 Å². The van der Waals surface area contributed by atoms with Crippen molar-refractivity contribution in [3.63, 3.8) is 0 Å². The quantitative estimate of drug-likeness (QED) is 0.707. The Bertz CT molecular complexity index is 660. The van der Waals surface area contributed by atoms with Crippen molar-refractivity contribution in [1.29, 1.82) is 0 Å². The maximum absolute atomic E-state index is 12.3. The SMILES string of the molecule is CCC(C)(CNS(=O)(=O)c1cc(Br)c(C)cc1Br)C(=O)O. The Labute approximate surface area is 141 Å². The predicted molar refractivity (Wildman–Crippen MR) is 87.8 cm³/mol. The molecule has 8 heteroatoms. The first-order valence-electron chi connectivity index (χ1n) is 6.22. The van der Waals surface area contributed by atoms with Gasteiger partial charge < -0.3 is 5.11 Å². The van der Waals surface area contributed by atoms with Crippen LogP contribution in [0.4, 0.5) is 0 Å². The number of aryl methyl sites for hydroxylation is 1. The molecular weight excluding hydrogens is 426 g/mol. The van der Waals surface area contributed by atoms with Crippen molar-refractivity contribution in [2.24, 2.45) is 5.41 Å². The van der Waals surface area contributed by atoms with Gasteiger partial charge in [-0.25, -0.2) is 13.1 Å². The van der Waals surface area contributed by atoms with Gasteiger partial charge in [0.1, 0.15) is 0 Å². The van der Waals surface area contributed by atoms with Crippen molar-refractivity contribution in [2.45, 2.75) is 32.1 Å². The Morgan fingerprint density at radius 2 is 1.90 bits per heavy atom. The Kier molecular flexibility index (Phi) is 5.99. The van der Waals surface area contributed by atoms with Crippen molar-refractivity contribution in [3.8, 4) is 0 Å². The fourth-order valence-electron chi connectivity index (χ4n) is 1.52. The molecule has 0 aromatic heterocycles. The van der Waals surface area contributed by atoms with E-state index in [-0.39, 0.29) is 11.4 Å². The average Bonchev–Trinajstić information content (AvgIpc) is 2.39. The van der Waals surface area contributed by atoms with Gasteiger partial charge in [-0.1, -0.05) is 22.9 Å². The first kappa shape index (κ1) is 18.6. The molecule has 0 aliphatic heterocycles. The number of hydrogen-bond donors (Lipinski definition) is 2. The van der Waals surface area contributed by atoms with Gasteiger partial charge in [0.25, 0.3) is 0 Å². The number of benzene rings is 1. The van der Waals surface area contributed by atoms with Crippen LogP contribution in [0.1, 0.15) is 25.8 Å². The molecule has 0 saturated heterocycles. The van der Waals surface area contributed by atoms with Crippen LogP contribution in [-0.4, -0.2) is 26.0 Å². The van der Waals surface area contributed by atoms with E-state index in [0.717, 1.165) is 5.56 Å². The number of nitrogens with one attached hydrogen (secondary N) is 1. The summed E-state index contributed by atoms with van der Waals surface area (Å²) >= 11 is 6.52. The van der Waals surface area contributed by atoms with E-state index in [4.69, 9.17) is 0 Å². The lowest BCUT2D eigenvalue weighted by Gasteiger charge is -2.23. The van der Waals surface area contributed by atoms with Gasteiger partial charge in [0, 0.05) is 15.5 Å². The van der Waals surface area contributed by atoms with Crippen LogP contribution in [0.15, 0.2) is 26.0 Å². The third-order valence-electron chi connectivity index (χ3n) is 3.45. The van der Waals surface area contributed by atoms with Crippen LogP contribution < -0.4 is 4.72 Å². The van der Waals surface area contributed by atoms with E-state index in [9.17, 15) is 18.3 Å². The van der Waals surface area contributed by atoms with Crippen LogP contribution in [0.2, 0.25) is 0 Å². The van der Waals surface area contributed by atoms with E-state index in [2.05, 4.69) is 36.6 Å². The number of rotatable bonds is 6. The molecule has 21 heavy (non-hydrogen) atoms. The number of aliphatic carboxylic acids is 1. The molecule has 0 fully saturated rings. The van der Waals surface area contributed by atoms with Gasteiger partial charge in [0.05, 0.1) is 10.3 Å². The first-order valence-corrected chi connectivity index (χ1v) is 9.29. The Morgan fingerprint density at radius 3 is 2.38 bits per heavy atom. The minimum atomic E-state index is -3.80. The molecule has 0 aliphatic carbocycles. The monoisotopic (exact) mass is 441 g/mol. The van der Waals surface area contributed by atoms with Gasteiger partial charge in [0.15, 0.2) is 0 Å². The number of halogens is 2. The Hall–Kier alpha value is -0.440. The molecule has 0 heterocycles. The lowest BCUT2D eigenvalue weighted by Crippen LogP contribution is -2.40. The van der Waals surface area contributed by atoms with Crippen LogP contribution in [-0.2, 0) is 14.8 Å². The summed E-state index contributed by atoms with van der Waals surface area (Å²) in [4.78, 5) is 11.3. The fourth-order valence-corrected chi connectivity index (χ4v) is 4.36. The number of carboxylic acids is 1. The van der Waals surface area contributed by atoms with Crippen molar-refractivity contribution >= 4 is 47.9 Å². The number of hydrogen-bond acceptors (Lipinski definition) is 3. The maximum Gasteiger partial charge on any atom is 0.310 e. The molecule has 5 nitrogen and oxygen atoms in total. The molecular formula is C13H17Br2NO4S. The second kappa shape index (κ2) is 6.76. The lowest BCUT2D eigenvalue weighted by atomic mass is 9.88. The molecule has 0 bridgehead atoms. The molecule has 1 aromatic rings. The summed E-state index contributed by atoms with van der Waals surface area (Å²) in [6.07, 6.45) is 0.323. The van der Waals surface area contributed by atoms with Crippen molar-refractivity contribution in [1.82, 2.24) is 4.72 Å². The van der Waals surface area contributed by atoms with Gasteiger partial charge in [-0.05, 0) is 53.9 Å². The molecule has 0 aliphatic rings. The third kappa shape index (κ3) is 4.28. The van der Waals surface area contributed by atoms with E-state index in [1.807, 2.05) is 6.92 Å². The van der Waals surface area contributed by atoms with Crippen molar-refractivity contribution in [2.75, 3.05) is 6.54 Å². The summed E-state index contributed by atoms with van der Waals surface area (Å²) in [6, 6.07) is 3.18. The van der Waals surface area contributed by atoms with Gasteiger partial charge in [-0.3, -0.25) is 4.79 Å². The molecule has 118 valence electrons. The van der Waals surface area contributed by atoms with E-state index in [1.165, 1.54) is 13.0 Å². The second-order valence-corrected chi connectivity index (χ2v) is 8.52. The van der Waals surface area contributed by atoms with E-state index < -0.39 is 21.4 Å². The van der Waals surface area contributed by atoms with Crippen molar-refractivity contribution in [3.05, 3.63) is 26.6 Å². The first-order chi connectivity index (χ1) is 9.53. The van der Waals surface area contributed by atoms with Crippen molar-refractivity contribution < 1.29 is 18.3 Å². The largest absolute Gasteiger partial charge is 0.481 e. The number of sulfonamides is 1. The third-order valence-corrected chi connectivity index (χ3v) is 6.67. The Morgan fingerprint density at radius 1 is 1.33 bits per heavy atom. The molecule has 1 unspecified atom stereocenters. The van der Waals surface area contributed by atoms with Crippen LogP contribution in [0.25, 0.3) is 0 Å². The minimum Gasteiger partial charge on any atom is -0.481 e. The summed E-state index contributed by atoms with van der Waals surface area (Å²) < 4.78 is 28.2. The summed E-state index contributed by atoms with van der Waals surface area (Å²) in [6.45, 7) is 4.90. The molecule has 0 amide bonds. The fraction of sp³-hybridized carbons (Fsp3) is 0.462. The second-order valence-electron chi connectivity index (χ2n) is 5.08. The Balaban J connectivity index is 3.09. The highest BCUT2D eigenvalue weighted by molar-refractivity contribution is 9.11. The highest BCUT2D eigenvalue weighted by Crippen LogP contribution is 2.29. The molecule has 0 saturated carbocycles. The van der Waals surface area contributed by atoms with E-state index in [0.29, 0.717) is 15.4 Å². The van der Waals surface area contributed by atoms with Gasteiger partial charge in [-0.15, -0.1) is 0 Å². The standard InChI is InChI=1S/C13H17Br2NO4S/c1-4-13(3,12(17)18)7-16-21(19,20)11-6-9(14)8(2)5-10(11)15/h5-6,16H,4,7H2,1-3H3,(H,17,18). The predicted octanol–water partition coefficient (Wildman–Crippen LogP) is 3.30. The molecule has 1 atom stereocenters. The van der Waals surface area contributed by atoms with Gasteiger partial charge in [-0.2, -0.15) is 0 Å². The zero-order valence-corrected chi connectivity index (χ0v) is 15.9. The summed E-state index contributed by atoms with van der Waals surface area (Å²) in [7, 11) is -3.80. The molecule has 1 rings (SSSR count). The van der Waals surface area contributed by atoms with E-state index in [1.54, 1.807) is 13.0 Å². The normalized spacial score (nSPS) is 14.7. The number of carboxylic acid groups (broad SMARTS) is 1. The molecule has 0 radical (unpaired) electrons. The van der Waals surface area contributed by atoms with E-state index >= 15 is 0 Å². The molecule has 1 aromatic carbocycles. The summed E-state index contributed by atoms with van der Waals surface area (Å²) in [5, 5.41) is 9.18. The van der Waals surface area contributed by atoms with Gasteiger partial charge >= 0.3 is 5.97 Å². The zero-order valence-electron chi connectivity index (χ0n) is 11.9. The molecule has 0 spiro atoms. The minimum absolute atomic E-state index is 0.0730. The van der Waals surface area contributed by atoms with Gasteiger partial charge in [0.2, 0.25) is 10.0 Å². The highest BCUT2D eigenvalue weighted by Gasteiger charge is 2.33. The lowest BCUT2D eigenvalue weighted by molar-refractivity contribution is -0.147. The van der Waals surface area contributed by atoms with Crippen LogP contribution in [0.3, 0.4) is 0 Å². The zero-order chi connectivity index (χ0) is 16.4. The number of carbonyl (C=O) groups is 1. The average molecular weight is 443 g/mol. The molecule has 2 N–H and O–H groups in total. The topological polar surface area (TPSA) is 83.5 Å². The van der Waals surface area contributed by atoms with Crippen LogP contribution >= 0.6 is 31.9 Å². The summed E-state index contributed by atoms with van der Waals surface area (Å²) in [5.74, 6) is -1.03. The smallest absolute Gasteiger partial charge is 0.310 e. The summed E-state index contributed by atoms with van der Waals surface area (Å²) in [5.41, 5.74) is -0.244. The van der Waals surface area contributed by atoms with Crippen LogP contribution in [0, 0.1) is 12.3 Å². The maximum atomic E-state index is 12.3. The highest BCUT2D eigenvalue weighted by atomic mass is 79.9.